The first-order chi connectivity index (χ1) is 13.1. The number of rotatable bonds is 4. The second-order valence-corrected chi connectivity index (χ2v) is 8.25. The number of carbonyl (C=O) groups is 1. The van der Waals surface area contributed by atoms with Gasteiger partial charge in [0.15, 0.2) is 0 Å². The second-order valence-electron chi connectivity index (χ2n) is 7.88. The molecule has 1 aromatic heterocycles. The maximum Gasteiger partial charge on any atom is 0.341 e. The molecule has 1 saturated carbocycles. The molecule has 4 rings (SSSR count). The molecule has 1 aliphatic carbocycles. The Labute approximate surface area is 164 Å². The molecule has 2 heterocycles. The zero-order valence-corrected chi connectivity index (χ0v) is 16.0. The van der Waals surface area contributed by atoms with Gasteiger partial charge in [-0.3, -0.25) is 4.79 Å². The summed E-state index contributed by atoms with van der Waals surface area (Å²) >= 11 is 6.53. The highest BCUT2D eigenvalue weighted by atomic mass is 35.5. The first-order valence-electron chi connectivity index (χ1n) is 9.07. The summed E-state index contributed by atoms with van der Waals surface area (Å²) in [5, 5.41) is 9.07. The van der Waals surface area contributed by atoms with Gasteiger partial charge in [0.1, 0.15) is 17.6 Å². The normalized spacial score (nSPS) is 21.5. The molecule has 0 radical (unpaired) electrons. The summed E-state index contributed by atoms with van der Waals surface area (Å²) in [6, 6.07) is 0.898. The maximum atomic E-state index is 15.0. The number of hydrogen-bond donors (Lipinski definition) is 2. The molecule has 0 unspecified atom stereocenters. The lowest BCUT2D eigenvalue weighted by Gasteiger charge is -2.23. The fourth-order valence-electron chi connectivity index (χ4n) is 4.19. The average Bonchev–Trinajstić information content (AvgIpc) is 3.29. The van der Waals surface area contributed by atoms with Gasteiger partial charge < -0.3 is 20.3 Å². The van der Waals surface area contributed by atoms with Crippen molar-refractivity contribution in [1.82, 2.24) is 4.57 Å². The lowest BCUT2D eigenvalue weighted by Crippen LogP contribution is -2.30. The van der Waals surface area contributed by atoms with E-state index in [2.05, 4.69) is 0 Å². The molecule has 2 fully saturated rings. The molecule has 150 valence electrons. The van der Waals surface area contributed by atoms with Crippen LogP contribution in [0.3, 0.4) is 0 Å². The van der Waals surface area contributed by atoms with Gasteiger partial charge in [-0.15, -0.1) is 0 Å². The molecule has 2 atom stereocenters. The topological polar surface area (TPSA) is 88.6 Å². The molecule has 3 N–H and O–H groups in total. The Morgan fingerprint density at radius 3 is 2.71 bits per heavy atom. The summed E-state index contributed by atoms with van der Waals surface area (Å²) in [5.74, 6) is -2.18. The van der Waals surface area contributed by atoms with E-state index in [0.717, 1.165) is 25.1 Å². The van der Waals surface area contributed by atoms with Crippen LogP contribution in [0.25, 0.3) is 10.9 Å². The van der Waals surface area contributed by atoms with Crippen LogP contribution in [0, 0.1) is 11.2 Å². The van der Waals surface area contributed by atoms with Gasteiger partial charge in [0, 0.05) is 30.7 Å². The van der Waals surface area contributed by atoms with Gasteiger partial charge in [0.2, 0.25) is 5.43 Å². The van der Waals surface area contributed by atoms with E-state index in [9.17, 15) is 19.1 Å². The first-order valence-corrected chi connectivity index (χ1v) is 9.45. The molecule has 0 bridgehead atoms. The Morgan fingerprint density at radius 1 is 1.50 bits per heavy atom. The molecule has 0 amide bonds. The van der Waals surface area contributed by atoms with Crippen LogP contribution in [0.1, 0.15) is 30.1 Å². The SMILES string of the molecule is C[C@H](F)Cn1cc(C(=O)O)c(=O)c2cc(F)c(N3C[C@@H](N)C4(CC4)C3)c(Cl)c21. The summed E-state index contributed by atoms with van der Waals surface area (Å²) in [5.41, 5.74) is 5.03. The number of fused-ring (bicyclic) bond motifs is 1. The van der Waals surface area contributed by atoms with Crippen molar-refractivity contribution >= 4 is 34.2 Å². The van der Waals surface area contributed by atoms with E-state index < -0.39 is 29.0 Å². The lowest BCUT2D eigenvalue weighted by atomic mass is 10.0. The molecular weight excluding hydrogens is 392 g/mol. The number of hydrogen-bond acceptors (Lipinski definition) is 4. The highest BCUT2D eigenvalue weighted by Gasteiger charge is 2.54. The Kier molecular flexibility index (Phi) is 4.39. The summed E-state index contributed by atoms with van der Waals surface area (Å²) in [6.07, 6.45) is 1.69. The third kappa shape index (κ3) is 2.86. The van der Waals surface area contributed by atoms with Crippen LogP contribution in [0.5, 0.6) is 0 Å². The minimum absolute atomic E-state index is 0.0228. The molecule has 1 aromatic carbocycles. The number of halogens is 3. The van der Waals surface area contributed by atoms with Crippen molar-refractivity contribution in [1.29, 1.82) is 0 Å². The van der Waals surface area contributed by atoms with E-state index in [1.165, 1.54) is 11.5 Å². The Hall–Kier alpha value is -2.19. The van der Waals surface area contributed by atoms with Gasteiger partial charge in [-0.05, 0) is 25.8 Å². The van der Waals surface area contributed by atoms with Crippen LogP contribution in [0.15, 0.2) is 17.1 Å². The van der Waals surface area contributed by atoms with E-state index in [-0.39, 0.29) is 39.6 Å². The van der Waals surface area contributed by atoms with Crippen LogP contribution in [-0.2, 0) is 6.54 Å². The number of nitrogens with zero attached hydrogens (tertiary/aromatic N) is 2. The van der Waals surface area contributed by atoms with Gasteiger partial charge in [0.25, 0.3) is 0 Å². The fourth-order valence-corrected chi connectivity index (χ4v) is 4.61. The van der Waals surface area contributed by atoms with Crippen molar-refractivity contribution in [2.75, 3.05) is 18.0 Å². The molecule has 1 spiro atoms. The number of alkyl halides is 1. The number of aromatic carboxylic acids is 1. The van der Waals surface area contributed by atoms with E-state index in [1.807, 2.05) is 0 Å². The predicted molar refractivity (Wildman–Crippen MR) is 103 cm³/mol. The number of carboxylic acid groups (broad SMARTS) is 1. The lowest BCUT2D eigenvalue weighted by molar-refractivity contribution is 0.0694. The van der Waals surface area contributed by atoms with Crippen LogP contribution in [-0.4, -0.2) is 40.9 Å². The van der Waals surface area contributed by atoms with Crippen molar-refractivity contribution < 1.29 is 18.7 Å². The molecule has 9 heteroatoms. The van der Waals surface area contributed by atoms with Gasteiger partial charge in [-0.1, -0.05) is 11.6 Å². The summed E-state index contributed by atoms with van der Waals surface area (Å²) in [4.78, 5) is 25.7. The summed E-state index contributed by atoms with van der Waals surface area (Å²) < 4.78 is 30.0. The second kappa shape index (κ2) is 6.42. The first kappa shape index (κ1) is 19.1. The quantitative estimate of drug-likeness (QED) is 0.807. The number of pyridine rings is 1. The maximum absolute atomic E-state index is 15.0. The third-order valence-corrected chi connectivity index (χ3v) is 6.18. The van der Waals surface area contributed by atoms with Crippen molar-refractivity contribution in [3.05, 3.63) is 38.9 Å². The van der Waals surface area contributed by atoms with Crippen LogP contribution < -0.4 is 16.1 Å². The largest absolute Gasteiger partial charge is 0.477 e. The number of benzene rings is 1. The number of aromatic nitrogens is 1. The molecular formula is C19H20ClF2N3O3. The van der Waals surface area contributed by atoms with Crippen molar-refractivity contribution in [3.8, 4) is 0 Å². The fraction of sp³-hybridized carbons (Fsp3) is 0.474. The minimum Gasteiger partial charge on any atom is -0.477 e. The molecule has 2 aliphatic rings. The smallest absolute Gasteiger partial charge is 0.341 e. The third-order valence-electron chi connectivity index (χ3n) is 5.83. The monoisotopic (exact) mass is 411 g/mol. The highest BCUT2D eigenvalue weighted by molar-refractivity contribution is 6.38. The highest BCUT2D eigenvalue weighted by Crippen LogP contribution is 2.53. The van der Waals surface area contributed by atoms with Gasteiger partial charge in [0.05, 0.1) is 28.2 Å². The summed E-state index contributed by atoms with van der Waals surface area (Å²) in [6.45, 7) is 2.08. The minimum atomic E-state index is -1.46. The van der Waals surface area contributed by atoms with E-state index >= 15 is 4.39 Å². The van der Waals surface area contributed by atoms with Crippen LogP contribution >= 0.6 is 11.6 Å². The zero-order valence-electron chi connectivity index (χ0n) is 15.2. The molecule has 2 aromatic rings. The standard InChI is InChI=1S/C19H20ClF2N3O3/c1-9(21)5-24-6-11(18(27)28)17(26)10-4-12(22)16(14(20)15(10)24)25-7-13(23)19(8-25)2-3-19/h4,6,9,13H,2-3,5,7-8,23H2,1H3,(H,27,28)/t9-,13+/m0/s1. The summed E-state index contributed by atoms with van der Waals surface area (Å²) in [7, 11) is 0. The Balaban J connectivity index is 1.96. The number of carboxylic acids is 1. The van der Waals surface area contributed by atoms with E-state index in [0.29, 0.717) is 13.1 Å². The predicted octanol–water partition coefficient (Wildman–Crippen LogP) is 2.78. The van der Waals surface area contributed by atoms with Gasteiger partial charge >= 0.3 is 5.97 Å². The molecule has 1 saturated heterocycles. The van der Waals surface area contributed by atoms with E-state index in [4.69, 9.17) is 17.3 Å². The Morgan fingerprint density at radius 2 is 2.18 bits per heavy atom. The molecule has 28 heavy (non-hydrogen) atoms. The number of nitrogens with two attached hydrogens (primary N) is 1. The van der Waals surface area contributed by atoms with Crippen molar-refractivity contribution in [3.63, 3.8) is 0 Å². The van der Waals surface area contributed by atoms with Crippen LogP contribution in [0.4, 0.5) is 14.5 Å². The zero-order chi connectivity index (χ0) is 20.4. The van der Waals surface area contributed by atoms with Crippen molar-refractivity contribution in [2.24, 2.45) is 11.1 Å². The van der Waals surface area contributed by atoms with Gasteiger partial charge in [-0.2, -0.15) is 0 Å². The molecule has 1 aliphatic heterocycles. The van der Waals surface area contributed by atoms with E-state index in [1.54, 1.807) is 4.90 Å². The van der Waals surface area contributed by atoms with Crippen LogP contribution in [0.2, 0.25) is 5.02 Å². The average molecular weight is 412 g/mol. The van der Waals surface area contributed by atoms with Crippen molar-refractivity contribution in [2.45, 2.75) is 38.5 Å². The Bertz CT molecular complexity index is 1050. The van der Waals surface area contributed by atoms with Gasteiger partial charge in [-0.25, -0.2) is 13.6 Å². The number of anilines is 1. The molecule has 6 nitrogen and oxygen atoms in total.